The molecule has 0 bridgehead atoms. The third-order valence-corrected chi connectivity index (χ3v) is 5.97. The molecular weight excluding hydrogens is 392 g/mol. The van der Waals surface area contributed by atoms with E-state index >= 15 is 0 Å². The molecule has 1 N–H and O–H groups in total. The minimum atomic E-state index is -0.184. The van der Waals surface area contributed by atoms with Crippen LogP contribution in [-0.4, -0.2) is 43.0 Å². The Labute approximate surface area is 183 Å². The van der Waals surface area contributed by atoms with Gasteiger partial charge < -0.3 is 19.7 Å². The molecule has 0 aromatic heterocycles. The molecule has 2 aromatic carbocycles. The van der Waals surface area contributed by atoms with Crippen LogP contribution in [0.3, 0.4) is 0 Å². The summed E-state index contributed by atoms with van der Waals surface area (Å²) in [5.74, 6) is 1.37. The van der Waals surface area contributed by atoms with Crippen molar-refractivity contribution in [2.24, 2.45) is 5.92 Å². The van der Waals surface area contributed by atoms with Crippen molar-refractivity contribution in [1.82, 2.24) is 10.2 Å². The predicted molar refractivity (Wildman–Crippen MR) is 118 cm³/mol. The van der Waals surface area contributed by atoms with Crippen molar-refractivity contribution in [2.75, 3.05) is 26.3 Å². The molecule has 2 atom stereocenters. The van der Waals surface area contributed by atoms with Crippen LogP contribution < -0.4 is 14.8 Å². The van der Waals surface area contributed by atoms with Gasteiger partial charge in [0.05, 0.1) is 31.6 Å². The van der Waals surface area contributed by atoms with Crippen LogP contribution in [0.5, 0.6) is 11.5 Å². The number of hydrogen-bond acceptors (Lipinski definition) is 4. The average molecular weight is 423 g/mol. The maximum Gasteiger partial charge on any atom is 0.227 e. The van der Waals surface area contributed by atoms with Crippen molar-refractivity contribution in [3.63, 3.8) is 0 Å². The molecule has 2 aliphatic heterocycles. The summed E-state index contributed by atoms with van der Waals surface area (Å²) in [6.45, 7) is 4.45. The number of nitrogens with one attached hydrogen (secondary N) is 1. The van der Waals surface area contributed by atoms with Crippen molar-refractivity contribution >= 4 is 11.8 Å². The molecule has 2 unspecified atom stereocenters. The summed E-state index contributed by atoms with van der Waals surface area (Å²) in [5.41, 5.74) is 1.98. The molecule has 1 fully saturated rings. The van der Waals surface area contributed by atoms with Gasteiger partial charge in [-0.05, 0) is 43.0 Å². The molecule has 0 spiro atoms. The van der Waals surface area contributed by atoms with Gasteiger partial charge in [-0.1, -0.05) is 36.4 Å². The lowest BCUT2D eigenvalue weighted by molar-refractivity contribution is -0.135. The van der Waals surface area contributed by atoms with Crippen LogP contribution in [-0.2, 0) is 16.0 Å². The lowest BCUT2D eigenvalue weighted by Crippen LogP contribution is -2.46. The first-order valence-electron chi connectivity index (χ1n) is 11.1. The Bertz CT molecular complexity index is 915. The molecule has 6 nitrogen and oxygen atoms in total. The van der Waals surface area contributed by atoms with Crippen LogP contribution in [0.15, 0.2) is 48.5 Å². The first-order chi connectivity index (χ1) is 15.1. The van der Waals surface area contributed by atoms with Gasteiger partial charge in [0, 0.05) is 19.5 Å². The van der Waals surface area contributed by atoms with Crippen LogP contribution in [0, 0.1) is 5.92 Å². The van der Waals surface area contributed by atoms with Gasteiger partial charge in [-0.15, -0.1) is 0 Å². The summed E-state index contributed by atoms with van der Waals surface area (Å²) in [5, 5.41) is 3.12. The van der Waals surface area contributed by atoms with E-state index in [1.807, 2.05) is 60.4 Å². The minimum absolute atomic E-state index is 0.00294. The molecule has 4 rings (SSSR count). The number of amides is 2. The molecule has 0 aliphatic carbocycles. The number of piperidine rings is 1. The molecule has 1 saturated heterocycles. The number of nitrogens with zero attached hydrogens (tertiary/aromatic N) is 1. The fraction of sp³-hybridized carbons (Fsp3) is 0.440. The van der Waals surface area contributed by atoms with Crippen LogP contribution in [0.1, 0.15) is 43.4 Å². The zero-order valence-corrected chi connectivity index (χ0v) is 18.0. The molecule has 2 heterocycles. The van der Waals surface area contributed by atoms with E-state index in [0.717, 1.165) is 41.9 Å². The SMILES string of the molecule is CC(NC(=O)C1CCCN(C(=O)Cc2ccccc2)C1)c1ccc2c(c1)OCCCO2. The summed E-state index contributed by atoms with van der Waals surface area (Å²) >= 11 is 0. The zero-order valence-electron chi connectivity index (χ0n) is 18.0. The number of ether oxygens (including phenoxy) is 2. The Morgan fingerprint density at radius 1 is 1.06 bits per heavy atom. The second-order valence-electron chi connectivity index (χ2n) is 8.33. The Morgan fingerprint density at radius 2 is 1.84 bits per heavy atom. The fourth-order valence-electron chi connectivity index (χ4n) is 4.16. The molecule has 6 heteroatoms. The number of rotatable bonds is 5. The number of carbonyl (C=O) groups is 2. The van der Waals surface area contributed by atoms with Gasteiger partial charge in [-0.2, -0.15) is 0 Å². The first-order valence-corrected chi connectivity index (χ1v) is 11.1. The van der Waals surface area contributed by atoms with E-state index in [-0.39, 0.29) is 23.8 Å². The molecule has 0 radical (unpaired) electrons. The normalized spacial score (nSPS) is 19.3. The van der Waals surface area contributed by atoms with Crippen LogP contribution in [0.25, 0.3) is 0 Å². The number of fused-ring (bicyclic) bond motifs is 1. The van der Waals surface area contributed by atoms with E-state index in [1.54, 1.807) is 0 Å². The van der Waals surface area contributed by atoms with E-state index in [2.05, 4.69) is 5.32 Å². The Morgan fingerprint density at radius 3 is 2.65 bits per heavy atom. The molecule has 2 aromatic rings. The number of carbonyl (C=O) groups excluding carboxylic acids is 2. The molecule has 2 aliphatic rings. The lowest BCUT2D eigenvalue weighted by Gasteiger charge is -2.33. The van der Waals surface area contributed by atoms with E-state index in [1.165, 1.54) is 0 Å². The number of benzene rings is 2. The van der Waals surface area contributed by atoms with Crippen LogP contribution in [0.2, 0.25) is 0 Å². The highest BCUT2D eigenvalue weighted by Gasteiger charge is 2.29. The van der Waals surface area contributed by atoms with E-state index in [4.69, 9.17) is 9.47 Å². The Kier molecular flexibility index (Phi) is 6.75. The quantitative estimate of drug-likeness (QED) is 0.801. The van der Waals surface area contributed by atoms with Crippen molar-refractivity contribution in [3.05, 3.63) is 59.7 Å². The van der Waals surface area contributed by atoms with Crippen LogP contribution >= 0.6 is 0 Å². The molecule has 2 amide bonds. The van der Waals surface area contributed by atoms with Gasteiger partial charge >= 0.3 is 0 Å². The maximum absolute atomic E-state index is 12.9. The maximum atomic E-state index is 12.9. The highest BCUT2D eigenvalue weighted by molar-refractivity contribution is 5.82. The highest BCUT2D eigenvalue weighted by Crippen LogP contribution is 2.32. The van der Waals surface area contributed by atoms with Gasteiger partial charge in [0.1, 0.15) is 0 Å². The monoisotopic (exact) mass is 422 g/mol. The standard InChI is InChI=1S/C25H30N2O4/c1-18(20-10-11-22-23(16-20)31-14-6-13-30-22)26-25(29)21-9-5-12-27(17-21)24(28)15-19-7-3-2-4-8-19/h2-4,7-8,10-11,16,18,21H,5-6,9,12-15,17H2,1H3,(H,26,29). The zero-order chi connectivity index (χ0) is 21.6. The van der Waals surface area contributed by atoms with Crippen molar-refractivity contribution in [2.45, 2.75) is 38.6 Å². The minimum Gasteiger partial charge on any atom is -0.490 e. The van der Waals surface area contributed by atoms with Gasteiger partial charge in [-0.3, -0.25) is 9.59 Å². The summed E-state index contributed by atoms with van der Waals surface area (Å²) in [7, 11) is 0. The first kappa shape index (κ1) is 21.2. The topological polar surface area (TPSA) is 67.9 Å². The number of likely N-dealkylation sites (tertiary alicyclic amines) is 1. The molecular formula is C25H30N2O4. The summed E-state index contributed by atoms with van der Waals surface area (Å²) in [6.07, 6.45) is 2.88. The molecule has 164 valence electrons. The smallest absolute Gasteiger partial charge is 0.227 e. The third kappa shape index (κ3) is 5.37. The lowest BCUT2D eigenvalue weighted by atomic mass is 9.95. The summed E-state index contributed by atoms with van der Waals surface area (Å²) in [4.78, 5) is 27.5. The van der Waals surface area contributed by atoms with Crippen molar-refractivity contribution < 1.29 is 19.1 Å². The van der Waals surface area contributed by atoms with Gasteiger partial charge in [0.2, 0.25) is 11.8 Å². The second kappa shape index (κ2) is 9.86. The fourth-order valence-corrected chi connectivity index (χ4v) is 4.16. The van der Waals surface area contributed by atoms with Crippen molar-refractivity contribution in [1.29, 1.82) is 0 Å². The van der Waals surface area contributed by atoms with E-state index in [9.17, 15) is 9.59 Å². The third-order valence-electron chi connectivity index (χ3n) is 5.97. The molecule has 0 saturated carbocycles. The average Bonchev–Trinajstić information content (AvgIpc) is 3.04. The van der Waals surface area contributed by atoms with Gasteiger partial charge in [-0.25, -0.2) is 0 Å². The highest BCUT2D eigenvalue weighted by atomic mass is 16.5. The Hall–Kier alpha value is -3.02. The van der Waals surface area contributed by atoms with E-state index < -0.39 is 0 Å². The molecule has 31 heavy (non-hydrogen) atoms. The van der Waals surface area contributed by atoms with Crippen LogP contribution in [0.4, 0.5) is 0 Å². The van der Waals surface area contributed by atoms with Gasteiger partial charge in [0.25, 0.3) is 0 Å². The number of hydrogen-bond donors (Lipinski definition) is 1. The largest absolute Gasteiger partial charge is 0.490 e. The van der Waals surface area contributed by atoms with E-state index in [0.29, 0.717) is 32.7 Å². The second-order valence-corrected chi connectivity index (χ2v) is 8.33. The van der Waals surface area contributed by atoms with Gasteiger partial charge in [0.15, 0.2) is 11.5 Å². The predicted octanol–water partition coefficient (Wildman–Crippen LogP) is 3.51. The Balaban J connectivity index is 1.34. The van der Waals surface area contributed by atoms with Crippen molar-refractivity contribution in [3.8, 4) is 11.5 Å². The summed E-state index contributed by atoms with van der Waals surface area (Å²) < 4.78 is 11.5. The summed E-state index contributed by atoms with van der Waals surface area (Å²) in [6, 6.07) is 15.4.